The maximum absolute atomic E-state index is 13.4. The fourth-order valence-corrected chi connectivity index (χ4v) is 4.53. The zero-order valence-electron chi connectivity index (χ0n) is 15.7. The van der Waals surface area contributed by atoms with Crippen LogP contribution in [-0.2, 0) is 4.79 Å². The van der Waals surface area contributed by atoms with Gasteiger partial charge in [0, 0.05) is 22.7 Å². The molecule has 1 heterocycles. The molecular weight excluding hydrogens is 413 g/mol. The van der Waals surface area contributed by atoms with Gasteiger partial charge in [-0.05, 0) is 49.6 Å². The molecule has 0 radical (unpaired) electrons. The highest BCUT2D eigenvalue weighted by Gasteiger charge is 2.69. The molecule has 9 heteroatoms. The van der Waals surface area contributed by atoms with Crippen LogP contribution in [0, 0.1) is 5.82 Å². The lowest BCUT2D eigenvalue weighted by Crippen LogP contribution is -2.84. The highest BCUT2D eigenvalue weighted by atomic mass is 35.5. The molecular formula is C21H17ClFN3O4. The number of hydrogen-bond acceptors (Lipinski definition) is 5. The Morgan fingerprint density at radius 3 is 2.67 bits per heavy atom. The molecule has 7 nitrogen and oxygen atoms in total. The van der Waals surface area contributed by atoms with Crippen molar-refractivity contribution in [3.05, 3.63) is 59.2 Å². The van der Waals surface area contributed by atoms with Crippen LogP contribution in [0.2, 0.25) is 5.02 Å². The number of ether oxygens (including phenoxy) is 1. The van der Waals surface area contributed by atoms with Gasteiger partial charge in [0.1, 0.15) is 17.1 Å². The Balaban J connectivity index is 1.11. The Morgan fingerprint density at radius 2 is 1.90 bits per heavy atom. The second kappa shape index (κ2) is 6.70. The van der Waals surface area contributed by atoms with Crippen molar-refractivity contribution in [1.82, 2.24) is 15.6 Å². The van der Waals surface area contributed by atoms with Crippen molar-refractivity contribution in [3.8, 4) is 5.75 Å². The van der Waals surface area contributed by atoms with Crippen LogP contribution in [0.5, 0.6) is 5.75 Å². The molecule has 2 amide bonds. The predicted octanol–water partition coefficient (Wildman–Crippen LogP) is 3.22. The Kier molecular flexibility index (Phi) is 4.21. The molecule has 30 heavy (non-hydrogen) atoms. The van der Waals surface area contributed by atoms with Crippen LogP contribution in [-0.4, -0.2) is 34.5 Å². The number of halogens is 2. The molecule has 0 atom stereocenters. The molecule has 2 aromatic carbocycles. The van der Waals surface area contributed by atoms with Gasteiger partial charge in [-0.15, -0.1) is 0 Å². The van der Waals surface area contributed by atoms with E-state index in [0.29, 0.717) is 35.9 Å². The summed E-state index contributed by atoms with van der Waals surface area (Å²) in [5.41, 5.74) is 1.16. The first-order chi connectivity index (χ1) is 14.4. The van der Waals surface area contributed by atoms with Gasteiger partial charge in [-0.3, -0.25) is 9.59 Å². The number of oxazole rings is 1. The van der Waals surface area contributed by atoms with E-state index >= 15 is 0 Å². The fraction of sp³-hybridized carbons (Fsp3) is 0.286. The molecule has 2 N–H and O–H groups in total. The van der Waals surface area contributed by atoms with Gasteiger partial charge in [0.2, 0.25) is 0 Å². The van der Waals surface area contributed by atoms with E-state index in [1.807, 2.05) is 0 Å². The van der Waals surface area contributed by atoms with Gasteiger partial charge in [0.05, 0.1) is 5.02 Å². The van der Waals surface area contributed by atoms with Crippen LogP contribution in [0.4, 0.5) is 4.39 Å². The number of carbonyl (C=O) groups excluding carboxylic acids is 2. The lowest BCUT2D eigenvalue weighted by atomic mass is 9.44. The Morgan fingerprint density at radius 1 is 1.13 bits per heavy atom. The van der Waals surface area contributed by atoms with E-state index in [4.69, 9.17) is 20.8 Å². The zero-order chi connectivity index (χ0) is 20.9. The van der Waals surface area contributed by atoms with E-state index in [1.54, 1.807) is 18.2 Å². The smallest absolute Gasteiger partial charge is 0.258 e. The van der Waals surface area contributed by atoms with Crippen LogP contribution in [0.25, 0.3) is 11.1 Å². The number of benzene rings is 2. The minimum Gasteiger partial charge on any atom is -0.484 e. The summed E-state index contributed by atoms with van der Waals surface area (Å²) < 4.78 is 24.0. The van der Waals surface area contributed by atoms with Gasteiger partial charge in [0.15, 0.2) is 18.6 Å². The SMILES string of the molecule is O=C(COc1ccc(Cl)c(F)c1)NC12CC(NC(=O)c3ccc4ncoc4c3)(C1)C2. The summed E-state index contributed by atoms with van der Waals surface area (Å²) in [5.74, 6) is -0.840. The van der Waals surface area contributed by atoms with Crippen LogP contribution in [0.15, 0.2) is 47.2 Å². The number of carbonyl (C=O) groups is 2. The van der Waals surface area contributed by atoms with Crippen molar-refractivity contribution in [1.29, 1.82) is 0 Å². The van der Waals surface area contributed by atoms with E-state index in [9.17, 15) is 14.0 Å². The summed E-state index contributed by atoms with van der Waals surface area (Å²) in [6.07, 6.45) is 3.33. The summed E-state index contributed by atoms with van der Waals surface area (Å²) in [7, 11) is 0. The molecule has 3 aliphatic carbocycles. The molecule has 6 rings (SSSR count). The molecule has 3 fully saturated rings. The fourth-order valence-electron chi connectivity index (χ4n) is 4.41. The third kappa shape index (κ3) is 3.27. The highest BCUT2D eigenvalue weighted by molar-refractivity contribution is 6.30. The molecule has 3 saturated carbocycles. The molecule has 0 spiro atoms. The van der Waals surface area contributed by atoms with Crippen LogP contribution in [0.1, 0.15) is 29.6 Å². The molecule has 154 valence electrons. The van der Waals surface area contributed by atoms with Crippen molar-refractivity contribution < 1.29 is 23.1 Å². The summed E-state index contributed by atoms with van der Waals surface area (Å²) in [5, 5.41) is 6.01. The second-order valence-corrected chi connectivity index (χ2v) is 8.40. The summed E-state index contributed by atoms with van der Waals surface area (Å²) in [4.78, 5) is 28.8. The predicted molar refractivity (Wildman–Crippen MR) is 106 cm³/mol. The largest absolute Gasteiger partial charge is 0.484 e. The summed E-state index contributed by atoms with van der Waals surface area (Å²) in [6.45, 7) is -0.223. The minimum atomic E-state index is -0.603. The standard InChI is InChI=1S/C21H17ClFN3O4/c22-14-3-2-13(6-15(14)23)29-7-18(27)25-20-8-21(9-20,10-20)26-19(28)12-1-4-16-17(5-12)30-11-24-16/h1-6,11H,7-10H2,(H,25,27)(H,26,28). The van der Waals surface area contributed by atoms with Gasteiger partial charge in [-0.25, -0.2) is 9.37 Å². The van der Waals surface area contributed by atoms with Crippen molar-refractivity contribution in [2.75, 3.05) is 6.61 Å². The maximum atomic E-state index is 13.4. The third-order valence-electron chi connectivity index (χ3n) is 5.67. The average molecular weight is 430 g/mol. The first kappa shape index (κ1) is 18.9. The number of hydrogen-bond donors (Lipinski definition) is 2. The first-order valence-electron chi connectivity index (χ1n) is 9.40. The molecule has 0 saturated heterocycles. The lowest BCUT2D eigenvalue weighted by Gasteiger charge is -2.70. The van der Waals surface area contributed by atoms with E-state index < -0.39 is 5.82 Å². The normalized spacial score (nSPS) is 23.9. The average Bonchev–Trinajstić information content (AvgIpc) is 3.14. The maximum Gasteiger partial charge on any atom is 0.258 e. The summed E-state index contributed by atoms with van der Waals surface area (Å²) in [6, 6.07) is 9.12. The molecule has 0 unspecified atom stereocenters. The van der Waals surface area contributed by atoms with Crippen molar-refractivity contribution in [2.24, 2.45) is 0 Å². The number of nitrogens with zero attached hydrogens (tertiary/aromatic N) is 1. The number of fused-ring (bicyclic) bond motifs is 1. The minimum absolute atomic E-state index is 0.00578. The lowest BCUT2D eigenvalue weighted by molar-refractivity contribution is -0.141. The van der Waals surface area contributed by atoms with Crippen molar-refractivity contribution in [3.63, 3.8) is 0 Å². The van der Waals surface area contributed by atoms with E-state index in [-0.39, 0.29) is 40.3 Å². The van der Waals surface area contributed by atoms with E-state index in [2.05, 4.69) is 15.6 Å². The Bertz CT molecular complexity index is 1160. The zero-order valence-corrected chi connectivity index (χ0v) is 16.5. The van der Waals surface area contributed by atoms with Crippen molar-refractivity contribution >= 4 is 34.5 Å². The first-order valence-corrected chi connectivity index (χ1v) is 9.78. The molecule has 3 aliphatic rings. The Hall–Kier alpha value is -3.13. The number of amides is 2. The topological polar surface area (TPSA) is 93.5 Å². The highest BCUT2D eigenvalue weighted by Crippen LogP contribution is 2.60. The molecule has 3 aromatic rings. The monoisotopic (exact) mass is 429 g/mol. The number of rotatable bonds is 6. The summed E-state index contributed by atoms with van der Waals surface area (Å²) >= 11 is 5.62. The van der Waals surface area contributed by atoms with Crippen LogP contribution < -0.4 is 15.4 Å². The van der Waals surface area contributed by atoms with Gasteiger partial charge in [0.25, 0.3) is 11.8 Å². The van der Waals surface area contributed by atoms with Gasteiger partial charge >= 0.3 is 0 Å². The molecule has 1 aromatic heterocycles. The Labute approximate surface area is 175 Å². The van der Waals surface area contributed by atoms with E-state index in [1.165, 1.54) is 18.5 Å². The van der Waals surface area contributed by atoms with E-state index in [0.717, 1.165) is 6.07 Å². The van der Waals surface area contributed by atoms with Crippen LogP contribution in [0.3, 0.4) is 0 Å². The van der Waals surface area contributed by atoms with Gasteiger partial charge < -0.3 is 19.8 Å². The second-order valence-electron chi connectivity index (χ2n) is 7.99. The van der Waals surface area contributed by atoms with Gasteiger partial charge in [-0.1, -0.05) is 11.6 Å². The molecule has 0 aliphatic heterocycles. The van der Waals surface area contributed by atoms with Crippen molar-refractivity contribution in [2.45, 2.75) is 30.3 Å². The quantitative estimate of drug-likeness (QED) is 0.627. The van der Waals surface area contributed by atoms with Crippen LogP contribution >= 0.6 is 11.6 Å². The third-order valence-corrected chi connectivity index (χ3v) is 5.97. The molecule has 2 bridgehead atoms. The van der Waals surface area contributed by atoms with Gasteiger partial charge in [-0.2, -0.15) is 0 Å². The number of nitrogens with one attached hydrogen (secondary N) is 2. The number of aromatic nitrogens is 1.